The zero-order valence-corrected chi connectivity index (χ0v) is 22.6. The van der Waals surface area contributed by atoms with Crippen LogP contribution in [0.5, 0.6) is 5.75 Å². The van der Waals surface area contributed by atoms with Crippen LogP contribution < -0.4 is 4.74 Å². The van der Waals surface area contributed by atoms with Crippen LogP contribution in [0.4, 0.5) is 5.69 Å². The molecule has 202 valence electrons. The van der Waals surface area contributed by atoms with Gasteiger partial charge in [0.05, 0.1) is 11.3 Å². The Kier molecular flexibility index (Phi) is 15.7. The second-order valence-electron chi connectivity index (χ2n) is 9.85. The number of benzene rings is 2. The molecule has 37 heavy (non-hydrogen) atoms. The summed E-state index contributed by atoms with van der Waals surface area (Å²) in [6.45, 7) is 2.27. The van der Waals surface area contributed by atoms with E-state index in [4.69, 9.17) is 9.84 Å². The lowest BCUT2D eigenvalue weighted by molar-refractivity contribution is -0.134. The molecule has 5 heteroatoms. The first-order chi connectivity index (χ1) is 18.1. The van der Waals surface area contributed by atoms with Gasteiger partial charge in [-0.25, -0.2) is 4.79 Å². The second kappa shape index (κ2) is 19.2. The van der Waals surface area contributed by atoms with Gasteiger partial charge in [0, 0.05) is 12.6 Å². The predicted octanol–water partition coefficient (Wildman–Crippen LogP) is 9.30. The number of aliphatic imine (C=N–C) groups is 1. The van der Waals surface area contributed by atoms with E-state index >= 15 is 0 Å². The molecule has 0 amide bonds. The highest BCUT2D eigenvalue weighted by atomic mass is 16.5. The molecular weight excluding hydrogens is 462 g/mol. The molecule has 2 rings (SSSR count). The maximum atomic E-state index is 12.1. The van der Waals surface area contributed by atoms with Crippen LogP contribution in [0.2, 0.25) is 0 Å². The van der Waals surface area contributed by atoms with Crippen molar-refractivity contribution in [1.82, 2.24) is 0 Å². The van der Waals surface area contributed by atoms with Gasteiger partial charge in [0.2, 0.25) is 0 Å². The van der Waals surface area contributed by atoms with Crippen molar-refractivity contribution in [2.24, 2.45) is 4.99 Å². The van der Waals surface area contributed by atoms with E-state index in [0.29, 0.717) is 17.9 Å². The third kappa shape index (κ3) is 14.4. The van der Waals surface area contributed by atoms with E-state index in [1.54, 1.807) is 30.5 Å². The highest BCUT2D eigenvalue weighted by molar-refractivity contribution is 5.88. The van der Waals surface area contributed by atoms with Crippen molar-refractivity contribution in [2.45, 2.75) is 110 Å². The molecule has 2 aromatic carbocycles. The molecule has 0 atom stereocenters. The molecule has 0 bridgehead atoms. The third-order valence-corrected chi connectivity index (χ3v) is 6.57. The van der Waals surface area contributed by atoms with E-state index in [-0.39, 0.29) is 11.5 Å². The number of carbonyl (C=O) groups excluding carboxylic acids is 1. The third-order valence-electron chi connectivity index (χ3n) is 6.57. The Bertz CT molecular complexity index is 919. The van der Waals surface area contributed by atoms with Crippen LogP contribution in [-0.2, 0) is 4.79 Å². The summed E-state index contributed by atoms with van der Waals surface area (Å²) in [6.07, 6.45) is 21.7. The lowest BCUT2D eigenvalue weighted by Crippen LogP contribution is -2.07. The van der Waals surface area contributed by atoms with Crippen molar-refractivity contribution in [1.29, 1.82) is 0 Å². The zero-order chi connectivity index (χ0) is 26.6. The Morgan fingerprint density at radius 3 is 1.68 bits per heavy atom. The van der Waals surface area contributed by atoms with Crippen molar-refractivity contribution >= 4 is 23.8 Å². The SMILES string of the molecule is CCCCCCCCCCCCCCCCCC(=O)Oc1ccc(C=Nc2ccc(C(=O)O)cc2)cc1. The van der Waals surface area contributed by atoms with Crippen molar-refractivity contribution in [3.8, 4) is 5.75 Å². The molecule has 0 aliphatic heterocycles. The fourth-order valence-corrected chi connectivity index (χ4v) is 4.28. The van der Waals surface area contributed by atoms with Crippen LogP contribution in [0.15, 0.2) is 53.5 Å². The molecule has 0 saturated heterocycles. The van der Waals surface area contributed by atoms with Gasteiger partial charge < -0.3 is 9.84 Å². The second-order valence-corrected chi connectivity index (χ2v) is 9.85. The van der Waals surface area contributed by atoms with Gasteiger partial charge in [-0.2, -0.15) is 0 Å². The maximum absolute atomic E-state index is 12.1. The molecule has 0 fully saturated rings. The first-order valence-corrected chi connectivity index (χ1v) is 14.3. The van der Waals surface area contributed by atoms with Crippen molar-refractivity contribution in [3.63, 3.8) is 0 Å². The van der Waals surface area contributed by atoms with Crippen LogP contribution in [0.3, 0.4) is 0 Å². The Hall–Kier alpha value is -2.95. The summed E-state index contributed by atoms with van der Waals surface area (Å²) in [5, 5.41) is 8.95. The monoisotopic (exact) mass is 507 g/mol. The van der Waals surface area contributed by atoms with Gasteiger partial charge in [0.1, 0.15) is 5.75 Å². The average molecular weight is 508 g/mol. The van der Waals surface area contributed by atoms with Gasteiger partial charge in [0.15, 0.2) is 0 Å². The van der Waals surface area contributed by atoms with Gasteiger partial charge in [0.25, 0.3) is 0 Å². The number of hydrogen-bond acceptors (Lipinski definition) is 4. The number of rotatable bonds is 20. The average Bonchev–Trinajstić information content (AvgIpc) is 2.90. The van der Waals surface area contributed by atoms with E-state index < -0.39 is 5.97 Å². The van der Waals surface area contributed by atoms with Crippen LogP contribution in [0.25, 0.3) is 0 Å². The van der Waals surface area contributed by atoms with E-state index in [2.05, 4.69) is 11.9 Å². The summed E-state index contributed by atoms with van der Waals surface area (Å²) in [7, 11) is 0. The zero-order valence-electron chi connectivity index (χ0n) is 22.6. The summed E-state index contributed by atoms with van der Waals surface area (Å²) in [5.74, 6) is -0.608. The van der Waals surface area contributed by atoms with Crippen LogP contribution >= 0.6 is 0 Å². The summed E-state index contributed by atoms with van der Waals surface area (Å²) in [5.41, 5.74) is 1.77. The molecule has 0 aliphatic carbocycles. The number of esters is 1. The van der Waals surface area contributed by atoms with Crippen LogP contribution in [0, 0.1) is 0 Å². The van der Waals surface area contributed by atoms with Gasteiger partial charge in [-0.15, -0.1) is 0 Å². The summed E-state index contributed by atoms with van der Waals surface area (Å²) in [6, 6.07) is 13.6. The van der Waals surface area contributed by atoms with Gasteiger partial charge >= 0.3 is 11.9 Å². The van der Waals surface area contributed by atoms with Gasteiger partial charge in [-0.3, -0.25) is 9.79 Å². The Labute approximate surface area is 223 Å². The topological polar surface area (TPSA) is 76.0 Å². The van der Waals surface area contributed by atoms with Crippen molar-refractivity contribution < 1.29 is 19.4 Å². The fraction of sp³-hybridized carbons (Fsp3) is 0.531. The summed E-state index contributed by atoms with van der Waals surface area (Å²) >= 11 is 0. The largest absolute Gasteiger partial charge is 0.478 e. The summed E-state index contributed by atoms with van der Waals surface area (Å²) < 4.78 is 5.45. The Morgan fingerprint density at radius 2 is 1.19 bits per heavy atom. The molecule has 0 saturated carbocycles. The minimum atomic E-state index is -0.958. The Balaban J connectivity index is 1.48. The minimum absolute atomic E-state index is 0.186. The van der Waals surface area contributed by atoms with Crippen LogP contribution in [0.1, 0.15) is 126 Å². The highest BCUT2D eigenvalue weighted by Gasteiger charge is 2.05. The van der Waals surface area contributed by atoms with Gasteiger partial charge in [-0.1, -0.05) is 96.8 Å². The summed E-state index contributed by atoms with van der Waals surface area (Å²) in [4.78, 5) is 27.4. The number of carbonyl (C=O) groups is 2. The van der Waals surface area contributed by atoms with E-state index in [1.165, 1.54) is 95.6 Å². The minimum Gasteiger partial charge on any atom is -0.478 e. The predicted molar refractivity (Wildman–Crippen MR) is 152 cm³/mol. The number of carboxylic acid groups (broad SMARTS) is 1. The number of ether oxygens (including phenoxy) is 1. The van der Waals surface area contributed by atoms with Crippen LogP contribution in [-0.4, -0.2) is 23.3 Å². The molecule has 0 unspecified atom stereocenters. The standard InChI is InChI=1S/C32H45NO4/c1-2-3-4-5-6-7-8-9-10-11-12-13-14-15-16-17-31(34)37-30-24-18-27(19-25-30)26-33-29-22-20-28(21-23-29)32(35)36/h18-26H,2-17H2,1H3,(H,35,36). The smallest absolute Gasteiger partial charge is 0.335 e. The quantitative estimate of drug-likeness (QED) is 0.0838. The molecule has 5 nitrogen and oxygen atoms in total. The van der Waals surface area contributed by atoms with Crippen molar-refractivity contribution in [2.75, 3.05) is 0 Å². The molecule has 2 aromatic rings. The van der Waals surface area contributed by atoms with Gasteiger partial charge in [-0.05, 0) is 60.5 Å². The highest BCUT2D eigenvalue weighted by Crippen LogP contribution is 2.17. The maximum Gasteiger partial charge on any atom is 0.335 e. The van der Waals surface area contributed by atoms with E-state index in [1.807, 2.05) is 12.1 Å². The normalized spacial score (nSPS) is 11.2. The number of carboxylic acids is 1. The lowest BCUT2D eigenvalue weighted by atomic mass is 10.0. The van der Waals surface area contributed by atoms with Crippen molar-refractivity contribution in [3.05, 3.63) is 59.7 Å². The molecule has 0 spiro atoms. The van der Waals surface area contributed by atoms with E-state index in [9.17, 15) is 9.59 Å². The molecule has 0 heterocycles. The number of unbranched alkanes of at least 4 members (excludes halogenated alkanes) is 14. The Morgan fingerprint density at radius 1 is 0.703 bits per heavy atom. The van der Waals surface area contributed by atoms with E-state index in [0.717, 1.165) is 18.4 Å². The number of aromatic carboxylic acids is 1. The molecule has 0 aromatic heterocycles. The lowest BCUT2D eigenvalue weighted by Gasteiger charge is -2.05. The molecule has 1 N–H and O–H groups in total. The fourth-order valence-electron chi connectivity index (χ4n) is 4.28. The number of hydrogen-bond donors (Lipinski definition) is 1. The first-order valence-electron chi connectivity index (χ1n) is 14.3. The molecule has 0 aliphatic rings. The molecular formula is C32H45NO4. The molecule has 0 radical (unpaired) electrons. The number of nitrogens with zero attached hydrogens (tertiary/aromatic N) is 1. The first kappa shape index (κ1) is 30.3.